The van der Waals surface area contributed by atoms with Crippen LogP contribution in [0.15, 0.2) is 59.4 Å². The second-order valence-electron chi connectivity index (χ2n) is 4.79. The van der Waals surface area contributed by atoms with Crippen LogP contribution in [0.4, 0.5) is 0 Å². The van der Waals surface area contributed by atoms with Crippen molar-refractivity contribution in [2.75, 3.05) is 6.54 Å². The van der Waals surface area contributed by atoms with Crippen LogP contribution < -0.4 is 5.73 Å². The van der Waals surface area contributed by atoms with Gasteiger partial charge in [0.2, 0.25) is 5.89 Å². The first-order chi connectivity index (χ1) is 10.4. The molecule has 3 rings (SSSR count). The van der Waals surface area contributed by atoms with E-state index in [0.29, 0.717) is 24.7 Å². The molecule has 2 aromatic heterocycles. The maximum absolute atomic E-state index is 5.86. The maximum Gasteiger partial charge on any atom is 0.235 e. The number of benzene rings is 1. The van der Waals surface area contributed by atoms with Crippen molar-refractivity contribution >= 4 is 0 Å². The highest BCUT2D eigenvalue weighted by Crippen LogP contribution is 2.22. The quantitative estimate of drug-likeness (QED) is 0.774. The molecule has 2 N–H and O–H groups in total. The Balaban J connectivity index is 1.80. The van der Waals surface area contributed by atoms with E-state index in [1.807, 2.05) is 42.5 Å². The van der Waals surface area contributed by atoms with Crippen LogP contribution in [0.2, 0.25) is 0 Å². The molecule has 0 saturated carbocycles. The van der Waals surface area contributed by atoms with Crippen molar-refractivity contribution in [3.63, 3.8) is 0 Å². The summed E-state index contributed by atoms with van der Waals surface area (Å²) in [4.78, 5) is 8.55. The molecule has 1 unspecified atom stereocenters. The van der Waals surface area contributed by atoms with Gasteiger partial charge in [0.25, 0.3) is 0 Å². The fourth-order valence-electron chi connectivity index (χ4n) is 2.23. The van der Waals surface area contributed by atoms with Gasteiger partial charge in [0, 0.05) is 25.4 Å². The molecule has 0 amide bonds. The number of hydrogen-bond donors (Lipinski definition) is 1. The summed E-state index contributed by atoms with van der Waals surface area (Å²) >= 11 is 0. The topological polar surface area (TPSA) is 77.8 Å². The van der Waals surface area contributed by atoms with Crippen molar-refractivity contribution < 1.29 is 4.52 Å². The summed E-state index contributed by atoms with van der Waals surface area (Å²) in [5.74, 6) is 1.14. The molecule has 106 valence electrons. The normalized spacial score (nSPS) is 12.2. The third kappa shape index (κ3) is 3.14. The number of nitrogens with two attached hydrogens (primary N) is 1. The highest BCUT2D eigenvalue weighted by molar-refractivity contribution is 5.25. The summed E-state index contributed by atoms with van der Waals surface area (Å²) in [7, 11) is 0. The molecule has 0 aliphatic rings. The number of rotatable bonds is 5. The first-order valence-electron chi connectivity index (χ1n) is 6.83. The predicted molar refractivity (Wildman–Crippen MR) is 78.7 cm³/mol. The van der Waals surface area contributed by atoms with Gasteiger partial charge in [0.15, 0.2) is 5.82 Å². The summed E-state index contributed by atoms with van der Waals surface area (Å²) in [5.41, 5.74) is 7.99. The van der Waals surface area contributed by atoms with Crippen LogP contribution in [-0.2, 0) is 6.42 Å². The van der Waals surface area contributed by atoms with Crippen LogP contribution in [-0.4, -0.2) is 21.7 Å². The number of pyridine rings is 1. The fraction of sp³-hybridized carbons (Fsp3) is 0.188. The Labute approximate surface area is 122 Å². The SMILES string of the molecule is NCC(c1ccccc1)c1nc(Cc2cccnc2)no1. The van der Waals surface area contributed by atoms with E-state index in [-0.39, 0.29) is 5.92 Å². The maximum atomic E-state index is 5.86. The number of aromatic nitrogens is 3. The molecular formula is C16H16N4O. The van der Waals surface area contributed by atoms with Crippen LogP contribution in [0.3, 0.4) is 0 Å². The summed E-state index contributed by atoms with van der Waals surface area (Å²) in [6.45, 7) is 0.429. The van der Waals surface area contributed by atoms with E-state index in [9.17, 15) is 0 Å². The van der Waals surface area contributed by atoms with Crippen LogP contribution in [0, 0.1) is 0 Å². The average molecular weight is 280 g/mol. The zero-order valence-corrected chi connectivity index (χ0v) is 11.5. The van der Waals surface area contributed by atoms with Crippen LogP contribution in [0.1, 0.15) is 28.8 Å². The second kappa shape index (κ2) is 6.28. The molecule has 3 aromatic rings. The van der Waals surface area contributed by atoms with Gasteiger partial charge >= 0.3 is 0 Å². The van der Waals surface area contributed by atoms with E-state index in [2.05, 4.69) is 15.1 Å². The Morgan fingerprint density at radius 2 is 1.95 bits per heavy atom. The average Bonchev–Trinajstić information content (AvgIpc) is 2.98. The molecule has 0 fully saturated rings. The minimum absolute atomic E-state index is 0.0682. The Morgan fingerprint density at radius 3 is 2.67 bits per heavy atom. The Hall–Kier alpha value is -2.53. The van der Waals surface area contributed by atoms with Gasteiger partial charge in [-0.15, -0.1) is 0 Å². The monoisotopic (exact) mass is 280 g/mol. The minimum atomic E-state index is -0.0682. The summed E-state index contributed by atoms with van der Waals surface area (Å²) in [6, 6.07) is 13.8. The lowest BCUT2D eigenvalue weighted by atomic mass is 9.99. The minimum Gasteiger partial charge on any atom is -0.339 e. The zero-order valence-electron chi connectivity index (χ0n) is 11.5. The van der Waals surface area contributed by atoms with Gasteiger partial charge in [-0.2, -0.15) is 4.98 Å². The van der Waals surface area contributed by atoms with Gasteiger partial charge in [-0.1, -0.05) is 41.6 Å². The standard InChI is InChI=1S/C16H16N4O/c17-10-14(13-6-2-1-3-7-13)16-19-15(20-21-16)9-12-5-4-8-18-11-12/h1-8,11,14H,9-10,17H2. The van der Waals surface area contributed by atoms with E-state index in [1.165, 1.54) is 0 Å². The van der Waals surface area contributed by atoms with Gasteiger partial charge in [0.05, 0.1) is 5.92 Å². The van der Waals surface area contributed by atoms with Crippen molar-refractivity contribution in [2.24, 2.45) is 5.73 Å². The molecule has 0 aliphatic carbocycles. The molecule has 0 spiro atoms. The lowest BCUT2D eigenvalue weighted by Crippen LogP contribution is -2.14. The van der Waals surface area contributed by atoms with E-state index in [4.69, 9.17) is 10.3 Å². The van der Waals surface area contributed by atoms with Crippen LogP contribution >= 0.6 is 0 Å². The van der Waals surface area contributed by atoms with Crippen molar-refractivity contribution in [1.82, 2.24) is 15.1 Å². The van der Waals surface area contributed by atoms with Gasteiger partial charge in [-0.05, 0) is 17.2 Å². The van der Waals surface area contributed by atoms with Crippen molar-refractivity contribution in [3.05, 3.63) is 77.7 Å². The predicted octanol–water partition coefficient (Wildman–Crippen LogP) is 2.15. The van der Waals surface area contributed by atoms with E-state index in [0.717, 1.165) is 11.1 Å². The molecule has 5 nitrogen and oxygen atoms in total. The third-order valence-corrected chi connectivity index (χ3v) is 3.30. The Kier molecular flexibility index (Phi) is 4.02. The lowest BCUT2D eigenvalue weighted by molar-refractivity contribution is 0.362. The zero-order chi connectivity index (χ0) is 14.5. The molecular weight excluding hydrogens is 264 g/mol. The van der Waals surface area contributed by atoms with Gasteiger partial charge in [0.1, 0.15) is 0 Å². The molecule has 0 bridgehead atoms. The Bertz CT molecular complexity index is 682. The van der Waals surface area contributed by atoms with Gasteiger partial charge < -0.3 is 10.3 Å². The smallest absolute Gasteiger partial charge is 0.235 e. The molecule has 0 aliphatic heterocycles. The highest BCUT2D eigenvalue weighted by atomic mass is 16.5. The third-order valence-electron chi connectivity index (χ3n) is 3.30. The molecule has 21 heavy (non-hydrogen) atoms. The number of nitrogens with zero attached hydrogens (tertiary/aromatic N) is 3. The second-order valence-corrected chi connectivity index (χ2v) is 4.79. The molecule has 0 saturated heterocycles. The fourth-order valence-corrected chi connectivity index (χ4v) is 2.23. The van der Waals surface area contributed by atoms with Crippen molar-refractivity contribution in [1.29, 1.82) is 0 Å². The molecule has 0 radical (unpaired) electrons. The Morgan fingerprint density at radius 1 is 1.10 bits per heavy atom. The molecule has 5 heteroatoms. The molecule has 2 heterocycles. The van der Waals surface area contributed by atoms with Gasteiger partial charge in [-0.3, -0.25) is 4.98 Å². The van der Waals surface area contributed by atoms with E-state index in [1.54, 1.807) is 12.4 Å². The van der Waals surface area contributed by atoms with Gasteiger partial charge in [-0.25, -0.2) is 0 Å². The lowest BCUT2D eigenvalue weighted by Gasteiger charge is -2.09. The van der Waals surface area contributed by atoms with Crippen LogP contribution in [0.5, 0.6) is 0 Å². The first-order valence-corrected chi connectivity index (χ1v) is 6.83. The summed E-state index contributed by atoms with van der Waals surface area (Å²) < 4.78 is 5.38. The largest absolute Gasteiger partial charge is 0.339 e. The van der Waals surface area contributed by atoms with E-state index >= 15 is 0 Å². The number of hydrogen-bond acceptors (Lipinski definition) is 5. The van der Waals surface area contributed by atoms with Crippen molar-refractivity contribution in [2.45, 2.75) is 12.3 Å². The highest BCUT2D eigenvalue weighted by Gasteiger charge is 2.19. The summed E-state index contributed by atoms with van der Waals surface area (Å²) in [6.07, 6.45) is 4.14. The van der Waals surface area contributed by atoms with Crippen LogP contribution in [0.25, 0.3) is 0 Å². The molecule has 1 atom stereocenters. The summed E-state index contributed by atoms with van der Waals surface area (Å²) in [5, 5.41) is 4.04. The van der Waals surface area contributed by atoms with Crippen molar-refractivity contribution in [3.8, 4) is 0 Å². The van der Waals surface area contributed by atoms with E-state index < -0.39 is 0 Å². The molecule has 1 aromatic carbocycles. The first kappa shape index (κ1) is 13.5.